The molecule has 0 atom stereocenters. The van der Waals surface area contributed by atoms with E-state index in [9.17, 15) is 14.4 Å². The zero-order valence-corrected chi connectivity index (χ0v) is 19.1. The molecule has 1 saturated heterocycles. The maximum absolute atomic E-state index is 12.4. The summed E-state index contributed by atoms with van der Waals surface area (Å²) in [6.07, 6.45) is 4.15. The fraction of sp³-hybridized carbons (Fsp3) is 0.333. The van der Waals surface area contributed by atoms with Crippen LogP contribution in [0.4, 0.5) is 5.13 Å². The molecule has 0 unspecified atom stereocenters. The summed E-state index contributed by atoms with van der Waals surface area (Å²) in [5, 5.41) is 8.17. The SMILES string of the molecule is O=C(CCc1csc(NC(=O)c2ccc(=O)[nH]c2)n1)NC1CCN(Cc2ccccc2)CC1. The molecule has 8 nitrogen and oxygen atoms in total. The molecule has 3 N–H and O–H groups in total. The Kier molecular flexibility index (Phi) is 7.64. The Morgan fingerprint density at radius 3 is 2.64 bits per heavy atom. The molecule has 3 aromatic rings. The molecule has 0 saturated carbocycles. The number of aryl methyl sites for hydroxylation is 1. The van der Waals surface area contributed by atoms with Crippen LogP contribution in [-0.4, -0.2) is 45.8 Å². The summed E-state index contributed by atoms with van der Waals surface area (Å²) in [7, 11) is 0. The van der Waals surface area contributed by atoms with Crippen molar-refractivity contribution in [3.63, 3.8) is 0 Å². The van der Waals surface area contributed by atoms with Gasteiger partial charge in [0.05, 0.1) is 11.3 Å². The lowest BCUT2D eigenvalue weighted by atomic mass is 10.0. The number of hydrogen-bond donors (Lipinski definition) is 3. The van der Waals surface area contributed by atoms with Crippen LogP contribution in [0, 0.1) is 0 Å². The smallest absolute Gasteiger partial charge is 0.258 e. The van der Waals surface area contributed by atoms with E-state index in [0.29, 0.717) is 23.5 Å². The van der Waals surface area contributed by atoms with Gasteiger partial charge in [-0.05, 0) is 30.9 Å². The number of thiazole rings is 1. The largest absolute Gasteiger partial charge is 0.353 e. The molecule has 9 heteroatoms. The topological polar surface area (TPSA) is 107 Å². The Balaban J connectivity index is 1.17. The number of rotatable bonds is 8. The molecular formula is C24H27N5O3S. The van der Waals surface area contributed by atoms with E-state index in [1.54, 1.807) is 0 Å². The second-order valence-corrected chi connectivity index (χ2v) is 9.00. The van der Waals surface area contributed by atoms with Gasteiger partial charge >= 0.3 is 0 Å². The van der Waals surface area contributed by atoms with Gasteiger partial charge in [-0.2, -0.15) is 0 Å². The minimum absolute atomic E-state index is 0.0309. The fourth-order valence-electron chi connectivity index (χ4n) is 3.82. The molecule has 4 rings (SSSR count). The summed E-state index contributed by atoms with van der Waals surface area (Å²) in [5.41, 5.74) is 2.17. The molecule has 33 heavy (non-hydrogen) atoms. The van der Waals surface area contributed by atoms with Gasteiger partial charge in [-0.3, -0.25) is 24.6 Å². The van der Waals surface area contributed by atoms with Gasteiger partial charge in [-0.1, -0.05) is 30.3 Å². The number of nitrogens with one attached hydrogen (secondary N) is 3. The predicted octanol–water partition coefficient (Wildman–Crippen LogP) is 2.80. The van der Waals surface area contributed by atoms with Crippen molar-refractivity contribution >= 4 is 28.3 Å². The van der Waals surface area contributed by atoms with Crippen LogP contribution in [0.1, 0.15) is 40.9 Å². The van der Waals surface area contributed by atoms with E-state index in [1.807, 2.05) is 11.4 Å². The molecule has 0 radical (unpaired) electrons. The highest BCUT2D eigenvalue weighted by molar-refractivity contribution is 7.14. The van der Waals surface area contributed by atoms with Gasteiger partial charge in [0, 0.05) is 49.7 Å². The number of aromatic nitrogens is 2. The molecule has 172 valence electrons. The molecule has 1 aliphatic heterocycles. The van der Waals surface area contributed by atoms with E-state index in [-0.39, 0.29) is 23.4 Å². The number of benzene rings is 1. The summed E-state index contributed by atoms with van der Waals surface area (Å²) in [5.74, 6) is -0.313. The summed E-state index contributed by atoms with van der Waals surface area (Å²) in [6.45, 7) is 2.90. The molecule has 2 aromatic heterocycles. The molecular weight excluding hydrogens is 438 g/mol. The van der Waals surface area contributed by atoms with Crippen LogP contribution in [0.15, 0.2) is 58.8 Å². The van der Waals surface area contributed by atoms with Crippen molar-refractivity contribution in [3.05, 3.63) is 81.2 Å². The number of likely N-dealkylation sites (tertiary alicyclic amines) is 1. The zero-order valence-electron chi connectivity index (χ0n) is 18.3. The van der Waals surface area contributed by atoms with Crippen molar-refractivity contribution in [2.24, 2.45) is 0 Å². The predicted molar refractivity (Wildman–Crippen MR) is 128 cm³/mol. The number of anilines is 1. The molecule has 2 amide bonds. The average molecular weight is 466 g/mol. The summed E-state index contributed by atoms with van der Waals surface area (Å²) in [4.78, 5) is 45.0. The van der Waals surface area contributed by atoms with Gasteiger partial charge < -0.3 is 10.3 Å². The van der Waals surface area contributed by atoms with Crippen LogP contribution in [0.5, 0.6) is 0 Å². The summed E-state index contributed by atoms with van der Waals surface area (Å²) >= 11 is 1.31. The minimum atomic E-state index is -0.344. The number of piperidine rings is 1. The zero-order chi connectivity index (χ0) is 23.0. The van der Waals surface area contributed by atoms with Crippen molar-refractivity contribution in [1.82, 2.24) is 20.2 Å². The number of pyridine rings is 1. The number of carbonyl (C=O) groups excluding carboxylic acids is 2. The monoisotopic (exact) mass is 465 g/mol. The third kappa shape index (κ3) is 6.84. The van der Waals surface area contributed by atoms with Crippen molar-refractivity contribution in [1.29, 1.82) is 0 Å². The molecule has 3 heterocycles. The Morgan fingerprint density at radius 1 is 1.12 bits per heavy atom. The van der Waals surface area contributed by atoms with Gasteiger partial charge in [0.25, 0.3) is 5.91 Å². The van der Waals surface area contributed by atoms with E-state index >= 15 is 0 Å². The van der Waals surface area contributed by atoms with Crippen molar-refractivity contribution < 1.29 is 9.59 Å². The summed E-state index contributed by atoms with van der Waals surface area (Å²) < 4.78 is 0. The molecule has 0 bridgehead atoms. The number of amides is 2. The maximum Gasteiger partial charge on any atom is 0.258 e. The number of aromatic amines is 1. The molecule has 1 aromatic carbocycles. The quantitative estimate of drug-likeness (QED) is 0.474. The standard InChI is InChI=1S/C24H27N5O3S/c30-21-8-6-18(14-25-21)23(32)28-24-27-20(16-33-24)7-9-22(31)26-19-10-12-29(13-11-19)15-17-4-2-1-3-5-17/h1-6,8,14,16,19H,7,9-13,15H2,(H,25,30)(H,26,31)(H,27,28,32). The first-order valence-electron chi connectivity index (χ1n) is 11.1. The second kappa shape index (κ2) is 11.0. The average Bonchev–Trinajstić information content (AvgIpc) is 3.27. The molecule has 0 aliphatic carbocycles. The molecule has 0 spiro atoms. The highest BCUT2D eigenvalue weighted by atomic mass is 32.1. The Bertz CT molecular complexity index is 1120. The normalized spacial score (nSPS) is 14.7. The van der Waals surface area contributed by atoms with Crippen LogP contribution < -0.4 is 16.2 Å². The fourth-order valence-corrected chi connectivity index (χ4v) is 4.56. The van der Waals surface area contributed by atoms with Crippen LogP contribution >= 0.6 is 11.3 Å². The first kappa shape index (κ1) is 22.9. The highest BCUT2D eigenvalue weighted by Gasteiger charge is 2.20. The number of nitrogens with zero attached hydrogens (tertiary/aromatic N) is 2. The lowest BCUT2D eigenvalue weighted by molar-refractivity contribution is -0.122. The molecule has 1 aliphatic rings. The third-order valence-corrected chi connectivity index (χ3v) is 6.44. The van der Waals surface area contributed by atoms with Gasteiger partial charge in [-0.15, -0.1) is 11.3 Å². The van der Waals surface area contributed by atoms with Crippen LogP contribution in [0.3, 0.4) is 0 Å². The van der Waals surface area contributed by atoms with Gasteiger partial charge in [0.15, 0.2) is 5.13 Å². The Hall–Kier alpha value is -3.30. The first-order valence-corrected chi connectivity index (χ1v) is 11.9. The lowest BCUT2D eigenvalue weighted by Crippen LogP contribution is -2.44. The number of carbonyl (C=O) groups is 2. The van der Waals surface area contributed by atoms with E-state index in [4.69, 9.17) is 0 Å². The lowest BCUT2D eigenvalue weighted by Gasteiger charge is -2.32. The first-order chi connectivity index (χ1) is 16.0. The van der Waals surface area contributed by atoms with E-state index in [1.165, 1.54) is 35.2 Å². The number of hydrogen-bond acceptors (Lipinski definition) is 6. The minimum Gasteiger partial charge on any atom is -0.353 e. The van der Waals surface area contributed by atoms with Gasteiger partial charge in [-0.25, -0.2) is 4.98 Å². The van der Waals surface area contributed by atoms with E-state index < -0.39 is 0 Å². The van der Waals surface area contributed by atoms with Crippen molar-refractivity contribution in [2.45, 2.75) is 38.3 Å². The van der Waals surface area contributed by atoms with Crippen molar-refractivity contribution in [3.8, 4) is 0 Å². The van der Waals surface area contributed by atoms with Gasteiger partial charge in [0.2, 0.25) is 11.5 Å². The van der Waals surface area contributed by atoms with Gasteiger partial charge in [0.1, 0.15) is 0 Å². The van der Waals surface area contributed by atoms with Crippen LogP contribution in [0.25, 0.3) is 0 Å². The van der Waals surface area contributed by atoms with E-state index in [0.717, 1.165) is 38.2 Å². The highest BCUT2D eigenvalue weighted by Crippen LogP contribution is 2.18. The molecule has 1 fully saturated rings. The Labute approximate surface area is 196 Å². The van der Waals surface area contributed by atoms with Crippen LogP contribution in [0.2, 0.25) is 0 Å². The van der Waals surface area contributed by atoms with Crippen molar-refractivity contribution in [2.75, 3.05) is 18.4 Å². The second-order valence-electron chi connectivity index (χ2n) is 8.14. The van der Waals surface area contributed by atoms with Crippen LogP contribution in [-0.2, 0) is 17.8 Å². The Morgan fingerprint density at radius 2 is 1.91 bits per heavy atom. The maximum atomic E-state index is 12.4. The summed E-state index contributed by atoms with van der Waals surface area (Å²) in [6, 6.07) is 13.4. The van der Waals surface area contributed by atoms with E-state index in [2.05, 4.69) is 49.8 Å². The third-order valence-electron chi connectivity index (χ3n) is 5.63. The number of H-pyrrole nitrogens is 1.